The number of nitrogens with one attached hydrogen (secondary N) is 1. The van der Waals surface area contributed by atoms with Gasteiger partial charge in [-0.1, -0.05) is 24.6 Å². The van der Waals surface area contributed by atoms with E-state index in [9.17, 15) is 0 Å². The number of aromatic nitrogens is 2. The number of benzene rings is 1. The summed E-state index contributed by atoms with van der Waals surface area (Å²) in [5.74, 6) is 2.32. The maximum atomic E-state index is 6.16. The van der Waals surface area contributed by atoms with E-state index >= 15 is 0 Å². The Bertz CT molecular complexity index is 659. The second-order valence-corrected chi connectivity index (χ2v) is 6.38. The number of piperidine rings is 1. The summed E-state index contributed by atoms with van der Waals surface area (Å²) in [4.78, 5) is 11.3. The molecule has 22 heavy (non-hydrogen) atoms. The van der Waals surface area contributed by atoms with Crippen LogP contribution in [0.2, 0.25) is 5.02 Å². The average Bonchev–Trinajstić information content (AvgIpc) is 2.52. The topological polar surface area (TPSA) is 41.1 Å². The molecule has 0 radical (unpaired) electrons. The molecular weight excluding hydrogens is 296 g/mol. The van der Waals surface area contributed by atoms with Crippen molar-refractivity contribution in [1.29, 1.82) is 0 Å². The van der Waals surface area contributed by atoms with Crippen molar-refractivity contribution >= 4 is 29.1 Å². The molecule has 4 nitrogen and oxygen atoms in total. The first-order valence-corrected chi connectivity index (χ1v) is 8.11. The highest BCUT2D eigenvalue weighted by Gasteiger charge is 2.18. The monoisotopic (exact) mass is 316 g/mol. The van der Waals surface area contributed by atoms with E-state index in [0.29, 0.717) is 5.95 Å². The van der Waals surface area contributed by atoms with Gasteiger partial charge in [0.1, 0.15) is 5.82 Å². The van der Waals surface area contributed by atoms with Crippen LogP contribution in [0.25, 0.3) is 0 Å². The average molecular weight is 317 g/mol. The zero-order valence-electron chi connectivity index (χ0n) is 13.0. The van der Waals surface area contributed by atoms with Gasteiger partial charge in [0.25, 0.3) is 0 Å². The van der Waals surface area contributed by atoms with Crippen LogP contribution in [0.3, 0.4) is 0 Å². The normalized spacial score (nSPS) is 18.3. The van der Waals surface area contributed by atoms with Gasteiger partial charge in [0.05, 0.1) is 0 Å². The van der Waals surface area contributed by atoms with Gasteiger partial charge in [0.15, 0.2) is 0 Å². The lowest BCUT2D eigenvalue weighted by atomic mass is 10.0. The van der Waals surface area contributed by atoms with Gasteiger partial charge in [-0.15, -0.1) is 0 Å². The summed E-state index contributed by atoms with van der Waals surface area (Å²) in [5.41, 5.74) is 1.95. The molecule has 5 heteroatoms. The molecule has 1 aliphatic rings. The van der Waals surface area contributed by atoms with Crippen LogP contribution < -0.4 is 10.2 Å². The molecule has 1 saturated heterocycles. The molecule has 3 rings (SSSR count). The lowest BCUT2D eigenvalue weighted by Gasteiger charge is -2.31. The number of rotatable bonds is 3. The summed E-state index contributed by atoms with van der Waals surface area (Å²) in [6, 6.07) is 7.77. The molecule has 0 spiro atoms. The highest BCUT2D eigenvalue weighted by molar-refractivity contribution is 6.31. The Morgan fingerprint density at radius 1 is 1.32 bits per heavy atom. The predicted octanol–water partition coefficient (Wildman–Crippen LogP) is 4.42. The van der Waals surface area contributed by atoms with Gasteiger partial charge >= 0.3 is 0 Å². The van der Waals surface area contributed by atoms with E-state index in [1.165, 1.54) is 12.8 Å². The highest BCUT2D eigenvalue weighted by Crippen LogP contribution is 2.26. The van der Waals surface area contributed by atoms with E-state index in [1.54, 1.807) is 0 Å². The SMILES string of the molecule is Cc1c(Cl)cccc1Nc1nccc(N2CCCC(C)C2)n1. The van der Waals surface area contributed by atoms with Crippen molar-refractivity contribution in [1.82, 2.24) is 9.97 Å². The van der Waals surface area contributed by atoms with Crippen molar-refractivity contribution in [2.45, 2.75) is 26.7 Å². The predicted molar refractivity (Wildman–Crippen MR) is 92.1 cm³/mol. The molecule has 1 aromatic carbocycles. The number of nitrogens with zero attached hydrogens (tertiary/aromatic N) is 3. The van der Waals surface area contributed by atoms with Crippen LogP contribution in [0.15, 0.2) is 30.5 Å². The van der Waals surface area contributed by atoms with Gasteiger partial charge in [-0.25, -0.2) is 4.98 Å². The van der Waals surface area contributed by atoms with Crippen molar-refractivity contribution in [2.75, 3.05) is 23.3 Å². The molecule has 0 amide bonds. The van der Waals surface area contributed by atoms with Crippen molar-refractivity contribution in [3.63, 3.8) is 0 Å². The van der Waals surface area contributed by atoms with Gasteiger partial charge < -0.3 is 10.2 Å². The van der Waals surface area contributed by atoms with E-state index in [-0.39, 0.29) is 0 Å². The summed E-state index contributed by atoms with van der Waals surface area (Å²) < 4.78 is 0. The molecule has 1 N–H and O–H groups in total. The fourth-order valence-corrected chi connectivity index (χ4v) is 3.02. The Kier molecular flexibility index (Phi) is 4.48. The van der Waals surface area contributed by atoms with Crippen molar-refractivity contribution < 1.29 is 0 Å². The number of halogens is 1. The van der Waals surface area contributed by atoms with E-state index < -0.39 is 0 Å². The standard InChI is InChI=1S/C17H21ClN4/c1-12-5-4-10-22(11-12)16-8-9-19-17(21-16)20-15-7-3-6-14(18)13(15)2/h3,6-9,12H,4-5,10-11H2,1-2H3,(H,19,20,21). The molecule has 1 aliphatic heterocycles. The van der Waals surface area contributed by atoms with Crippen LogP contribution >= 0.6 is 11.6 Å². The first-order valence-electron chi connectivity index (χ1n) is 7.73. The Labute approximate surface area is 136 Å². The molecule has 0 bridgehead atoms. The lowest BCUT2D eigenvalue weighted by molar-refractivity contribution is 0.444. The fourth-order valence-electron chi connectivity index (χ4n) is 2.85. The molecule has 1 atom stereocenters. The molecule has 2 heterocycles. The summed E-state index contributed by atoms with van der Waals surface area (Å²) in [5, 5.41) is 4.01. The van der Waals surface area contributed by atoms with Crippen LogP contribution in [-0.2, 0) is 0 Å². The first-order chi connectivity index (χ1) is 10.6. The Morgan fingerprint density at radius 2 is 2.18 bits per heavy atom. The van der Waals surface area contributed by atoms with Gasteiger partial charge in [-0.3, -0.25) is 0 Å². The second-order valence-electron chi connectivity index (χ2n) is 5.97. The third-order valence-corrected chi connectivity index (χ3v) is 4.55. The van der Waals surface area contributed by atoms with Gasteiger partial charge in [-0.05, 0) is 49.4 Å². The summed E-state index contributed by atoms with van der Waals surface area (Å²) in [7, 11) is 0. The van der Waals surface area contributed by atoms with Crippen molar-refractivity contribution in [3.8, 4) is 0 Å². The maximum Gasteiger partial charge on any atom is 0.229 e. The van der Waals surface area contributed by atoms with Crippen LogP contribution in [0.4, 0.5) is 17.5 Å². The van der Waals surface area contributed by atoms with E-state index in [2.05, 4.69) is 27.1 Å². The molecule has 0 saturated carbocycles. The molecule has 1 fully saturated rings. The van der Waals surface area contributed by atoms with Crippen molar-refractivity contribution in [3.05, 3.63) is 41.0 Å². The minimum atomic E-state index is 0.612. The van der Waals surface area contributed by atoms with Gasteiger partial charge in [-0.2, -0.15) is 4.98 Å². The number of hydrogen-bond donors (Lipinski definition) is 1. The third kappa shape index (κ3) is 3.33. The Hall–Kier alpha value is -1.81. The number of anilines is 3. The Morgan fingerprint density at radius 3 is 3.00 bits per heavy atom. The largest absolute Gasteiger partial charge is 0.356 e. The molecule has 0 aliphatic carbocycles. The van der Waals surface area contributed by atoms with Crippen molar-refractivity contribution in [2.24, 2.45) is 5.92 Å². The van der Waals surface area contributed by atoms with Gasteiger partial charge in [0.2, 0.25) is 5.95 Å². The quantitative estimate of drug-likeness (QED) is 0.910. The first kappa shape index (κ1) is 15.1. The molecule has 116 valence electrons. The van der Waals surface area contributed by atoms with Crippen LogP contribution in [0.5, 0.6) is 0 Å². The van der Waals surface area contributed by atoms with Gasteiger partial charge in [0, 0.05) is 30.0 Å². The second kappa shape index (κ2) is 6.53. The summed E-state index contributed by atoms with van der Waals surface area (Å²) in [6.07, 6.45) is 4.33. The highest BCUT2D eigenvalue weighted by atomic mass is 35.5. The molecule has 1 aromatic heterocycles. The minimum absolute atomic E-state index is 0.612. The number of hydrogen-bond acceptors (Lipinski definition) is 4. The Balaban J connectivity index is 1.80. The summed E-state index contributed by atoms with van der Waals surface area (Å²) >= 11 is 6.16. The third-order valence-electron chi connectivity index (χ3n) is 4.14. The van der Waals surface area contributed by atoms with Crippen LogP contribution in [0, 0.1) is 12.8 Å². The lowest BCUT2D eigenvalue weighted by Crippen LogP contribution is -2.34. The fraction of sp³-hybridized carbons (Fsp3) is 0.412. The van der Waals surface area contributed by atoms with Crippen LogP contribution in [-0.4, -0.2) is 23.1 Å². The maximum absolute atomic E-state index is 6.16. The van der Waals surface area contributed by atoms with E-state index in [4.69, 9.17) is 11.6 Å². The molecule has 2 aromatic rings. The zero-order chi connectivity index (χ0) is 15.5. The van der Waals surface area contributed by atoms with E-state index in [1.807, 2.05) is 37.4 Å². The smallest absolute Gasteiger partial charge is 0.229 e. The summed E-state index contributed by atoms with van der Waals surface area (Å²) in [6.45, 7) is 6.41. The zero-order valence-corrected chi connectivity index (χ0v) is 13.8. The minimum Gasteiger partial charge on any atom is -0.356 e. The molecule has 1 unspecified atom stereocenters. The van der Waals surface area contributed by atoms with Crippen LogP contribution in [0.1, 0.15) is 25.3 Å². The van der Waals surface area contributed by atoms with E-state index in [0.717, 1.165) is 41.1 Å². The molecular formula is C17H21ClN4.